The van der Waals surface area contributed by atoms with Crippen LogP contribution in [-0.4, -0.2) is 39.5 Å². The number of hydrogen-bond donors (Lipinski definition) is 2. The van der Waals surface area contributed by atoms with Gasteiger partial charge in [0.05, 0.1) is 26.0 Å². The van der Waals surface area contributed by atoms with Crippen LogP contribution in [0.15, 0.2) is 18.2 Å². The minimum absolute atomic E-state index is 0.0245. The summed E-state index contributed by atoms with van der Waals surface area (Å²) in [5.74, 6) is 1.20. The van der Waals surface area contributed by atoms with Gasteiger partial charge in [0.2, 0.25) is 0 Å². The van der Waals surface area contributed by atoms with Crippen molar-refractivity contribution < 1.29 is 19.0 Å². The van der Waals surface area contributed by atoms with Gasteiger partial charge in [-0.3, -0.25) is 0 Å². The Labute approximate surface area is 119 Å². The highest BCUT2D eigenvalue weighted by Gasteiger charge is 2.09. The van der Waals surface area contributed by atoms with Crippen LogP contribution in [-0.2, 0) is 4.74 Å². The minimum Gasteiger partial charge on any atom is -0.497 e. The van der Waals surface area contributed by atoms with Crippen LogP contribution in [0, 0.1) is 0 Å². The molecule has 0 fully saturated rings. The van der Waals surface area contributed by atoms with E-state index in [1.165, 1.54) is 7.11 Å². The molecule has 1 rings (SSSR count). The Morgan fingerprint density at radius 3 is 2.65 bits per heavy atom. The third kappa shape index (κ3) is 4.97. The summed E-state index contributed by atoms with van der Waals surface area (Å²) in [5.41, 5.74) is 0.579. The van der Waals surface area contributed by atoms with E-state index >= 15 is 0 Å². The molecular weight excluding hydrogens is 260 g/mol. The van der Waals surface area contributed by atoms with E-state index < -0.39 is 0 Å². The molecule has 0 aromatic heterocycles. The lowest BCUT2D eigenvalue weighted by atomic mass is 10.2. The van der Waals surface area contributed by atoms with E-state index in [0.29, 0.717) is 30.3 Å². The Kier molecular flexibility index (Phi) is 6.66. The molecule has 0 heterocycles. The van der Waals surface area contributed by atoms with Gasteiger partial charge in [0.15, 0.2) is 0 Å². The van der Waals surface area contributed by atoms with Crippen molar-refractivity contribution in [3.8, 4) is 11.5 Å². The molecule has 20 heavy (non-hydrogen) atoms. The summed E-state index contributed by atoms with van der Waals surface area (Å²) in [6.07, 6.45) is -0.0245. The van der Waals surface area contributed by atoms with Crippen LogP contribution >= 0.6 is 0 Å². The molecule has 0 saturated heterocycles. The second-order valence-corrected chi connectivity index (χ2v) is 4.17. The first-order valence-corrected chi connectivity index (χ1v) is 6.49. The molecular formula is C14H22N2O4. The number of rotatable bonds is 7. The molecule has 6 heteroatoms. The largest absolute Gasteiger partial charge is 0.497 e. The van der Waals surface area contributed by atoms with Crippen molar-refractivity contribution in [2.75, 3.05) is 32.7 Å². The number of amides is 2. The van der Waals surface area contributed by atoms with Gasteiger partial charge in [0, 0.05) is 19.2 Å². The molecule has 0 aliphatic rings. The maximum absolute atomic E-state index is 11.8. The van der Waals surface area contributed by atoms with Crippen molar-refractivity contribution in [2.45, 2.75) is 20.0 Å². The molecule has 0 aliphatic carbocycles. The summed E-state index contributed by atoms with van der Waals surface area (Å²) in [7, 11) is 3.11. The van der Waals surface area contributed by atoms with E-state index in [1.807, 2.05) is 13.8 Å². The van der Waals surface area contributed by atoms with E-state index in [2.05, 4.69) is 10.6 Å². The lowest BCUT2D eigenvalue weighted by molar-refractivity contribution is 0.0780. The van der Waals surface area contributed by atoms with Gasteiger partial charge >= 0.3 is 6.03 Å². The topological polar surface area (TPSA) is 68.8 Å². The number of urea groups is 1. The SMILES string of the molecule is CCOC(C)CNC(=O)Nc1ccc(OC)cc1OC. The van der Waals surface area contributed by atoms with Crippen LogP contribution in [0.5, 0.6) is 11.5 Å². The van der Waals surface area contributed by atoms with E-state index in [0.717, 1.165) is 0 Å². The van der Waals surface area contributed by atoms with Gasteiger partial charge in [-0.15, -0.1) is 0 Å². The van der Waals surface area contributed by atoms with Crippen LogP contribution in [0.2, 0.25) is 0 Å². The molecule has 0 spiro atoms. The number of ether oxygens (including phenoxy) is 3. The minimum atomic E-state index is -0.306. The van der Waals surface area contributed by atoms with Gasteiger partial charge in [-0.25, -0.2) is 4.79 Å². The Balaban J connectivity index is 2.57. The van der Waals surface area contributed by atoms with Gasteiger partial charge in [-0.2, -0.15) is 0 Å². The van der Waals surface area contributed by atoms with Gasteiger partial charge in [-0.05, 0) is 26.0 Å². The zero-order valence-electron chi connectivity index (χ0n) is 12.4. The van der Waals surface area contributed by atoms with Crippen molar-refractivity contribution in [1.82, 2.24) is 5.32 Å². The van der Waals surface area contributed by atoms with E-state index in [4.69, 9.17) is 14.2 Å². The summed E-state index contributed by atoms with van der Waals surface area (Å²) in [6, 6.07) is 4.88. The number of carbonyl (C=O) groups is 1. The Morgan fingerprint density at radius 1 is 1.30 bits per heavy atom. The summed E-state index contributed by atoms with van der Waals surface area (Å²) in [4.78, 5) is 11.8. The highest BCUT2D eigenvalue weighted by atomic mass is 16.5. The molecule has 2 amide bonds. The third-order valence-electron chi connectivity index (χ3n) is 2.66. The number of nitrogens with one attached hydrogen (secondary N) is 2. The second-order valence-electron chi connectivity index (χ2n) is 4.17. The first kappa shape index (κ1) is 16.1. The second kappa shape index (κ2) is 8.27. The highest BCUT2D eigenvalue weighted by Crippen LogP contribution is 2.28. The number of carbonyl (C=O) groups excluding carboxylic acids is 1. The van der Waals surface area contributed by atoms with Gasteiger partial charge < -0.3 is 24.8 Å². The molecule has 2 N–H and O–H groups in total. The van der Waals surface area contributed by atoms with Crippen LogP contribution in [0.4, 0.5) is 10.5 Å². The van der Waals surface area contributed by atoms with Crippen molar-refractivity contribution in [2.24, 2.45) is 0 Å². The molecule has 1 aromatic rings. The van der Waals surface area contributed by atoms with Crippen LogP contribution in [0.3, 0.4) is 0 Å². The summed E-state index contributed by atoms with van der Waals surface area (Å²) < 4.78 is 15.6. The predicted molar refractivity (Wildman–Crippen MR) is 77.7 cm³/mol. The van der Waals surface area contributed by atoms with E-state index in [9.17, 15) is 4.79 Å². The van der Waals surface area contributed by atoms with E-state index in [-0.39, 0.29) is 12.1 Å². The average Bonchev–Trinajstić information content (AvgIpc) is 2.46. The standard InChI is InChI=1S/C14H22N2O4/c1-5-20-10(2)9-15-14(17)16-12-7-6-11(18-3)8-13(12)19-4/h6-8,10H,5,9H2,1-4H3,(H2,15,16,17). The predicted octanol–water partition coefficient (Wildman–Crippen LogP) is 2.25. The lowest BCUT2D eigenvalue weighted by Gasteiger charge is -2.15. The maximum Gasteiger partial charge on any atom is 0.319 e. The fourth-order valence-corrected chi connectivity index (χ4v) is 1.65. The van der Waals surface area contributed by atoms with E-state index in [1.54, 1.807) is 25.3 Å². The number of benzene rings is 1. The monoisotopic (exact) mass is 282 g/mol. The van der Waals surface area contributed by atoms with Crippen LogP contribution in [0.1, 0.15) is 13.8 Å². The molecule has 6 nitrogen and oxygen atoms in total. The van der Waals surface area contributed by atoms with Crippen molar-refractivity contribution in [3.63, 3.8) is 0 Å². The zero-order valence-corrected chi connectivity index (χ0v) is 12.4. The zero-order chi connectivity index (χ0) is 15.0. The van der Waals surface area contributed by atoms with Crippen LogP contribution in [0.25, 0.3) is 0 Å². The molecule has 0 radical (unpaired) electrons. The Morgan fingerprint density at radius 2 is 2.05 bits per heavy atom. The molecule has 0 aliphatic heterocycles. The van der Waals surface area contributed by atoms with Gasteiger partial charge in [-0.1, -0.05) is 0 Å². The highest BCUT2D eigenvalue weighted by molar-refractivity contribution is 5.91. The maximum atomic E-state index is 11.8. The Bertz CT molecular complexity index is 437. The number of hydrogen-bond acceptors (Lipinski definition) is 4. The van der Waals surface area contributed by atoms with Crippen molar-refractivity contribution in [1.29, 1.82) is 0 Å². The Hall–Kier alpha value is -1.95. The summed E-state index contributed by atoms with van der Waals surface area (Å²) in [6.45, 7) is 4.88. The first-order chi connectivity index (χ1) is 9.60. The van der Waals surface area contributed by atoms with Crippen LogP contribution < -0.4 is 20.1 Å². The smallest absolute Gasteiger partial charge is 0.319 e. The summed E-state index contributed by atoms with van der Waals surface area (Å²) in [5, 5.41) is 5.46. The summed E-state index contributed by atoms with van der Waals surface area (Å²) >= 11 is 0. The lowest BCUT2D eigenvalue weighted by Crippen LogP contribution is -2.35. The van der Waals surface area contributed by atoms with Crippen molar-refractivity contribution >= 4 is 11.7 Å². The third-order valence-corrected chi connectivity index (χ3v) is 2.66. The molecule has 112 valence electrons. The molecule has 1 aromatic carbocycles. The average molecular weight is 282 g/mol. The van der Waals surface area contributed by atoms with Gasteiger partial charge in [0.1, 0.15) is 11.5 Å². The number of anilines is 1. The normalized spacial score (nSPS) is 11.6. The molecule has 0 bridgehead atoms. The quantitative estimate of drug-likeness (QED) is 0.805. The molecule has 1 atom stereocenters. The fourth-order valence-electron chi connectivity index (χ4n) is 1.65. The molecule has 0 saturated carbocycles. The first-order valence-electron chi connectivity index (χ1n) is 6.49. The van der Waals surface area contributed by atoms with Gasteiger partial charge in [0.25, 0.3) is 0 Å². The molecule has 1 unspecified atom stereocenters. The van der Waals surface area contributed by atoms with Crippen molar-refractivity contribution in [3.05, 3.63) is 18.2 Å². The fraction of sp³-hybridized carbons (Fsp3) is 0.500. The number of methoxy groups -OCH3 is 2.